The van der Waals surface area contributed by atoms with Crippen LogP contribution in [0, 0.1) is 0 Å². The van der Waals surface area contributed by atoms with E-state index in [1.165, 1.54) is 6.07 Å². The lowest BCUT2D eigenvalue weighted by Gasteiger charge is -2.27. The fourth-order valence-corrected chi connectivity index (χ4v) is 4.85. The standard InChI is InChI=1S/C21H19ClF3NO4S/c1-20(10-27,26-19(29)30)6-2-3-11-7-14-17(9-15(11)22)31-16-8-12(21(23,24)25)4-5-13(16)18(14)28/h4-5,7-9,26-27H,2-3,6,10H2,1H3,(H,29,30). The largest absolute Gasteiger partial charge is 0.465 e. The average molecular weight is 474 g/mol. The van der Waals surface area contributed by atoms with E-state index in [0.29, 0.717) is 39.9 Å². The van der Waals surface area contributed by atoms with Gasteiger partial charge in [-0.3, -0.25) is 4.79 Å². The number of aliphatic hydroxyl groups excluding tert-OH is 1. The normalized spacial score (nSPS) is 14.0. The number of fused-ring (bicyclic) bond motifs is 2. The molecule has 3 rings (SSSR count). The number of benzene rings is 2. The zero-order valence-corrected chi connectivity index (χ0v) is 17.9. The molecule has 1 unspecified atom stereocenters. The lowest BCUT2D eigenvalue weighted by Crippen LogP contribution is -2.48. The van der Waals surface area contributed by atoms with E-state index in [2.05, 4.69) is 5.32 Å². The number of aryl methyl sites for hydroxylation is 1. The number of hydrogen-bond acceptors (Lipinski definition) is 4. The van der Waals surface area contributed by atoms with Crippen LogP contribution in [-0.2, 0) is 12.6 Å². The zero-order valence-electron chi connectivity index (χ0n) is 16.3. The predicted octanol–water partition coefficient (Wildman–Crippen LogP) is 5.43. The van der Waals surface area contributed by atoms with E-state index in [9.17, 15) is 27.9 Å². The molecule has 10 heteroatoms. The van der Waals surface area contributed by atoms with Crippen LogP contribution in [0.3, 0.4) is 0 Å². The Morgan fingerprint density at radius 3 is 2.45 bits per heavy atom. The van der Waals surface area contributed by atoms with Crippen molar-refractivity contribution in [2.75, 3.05) is 6.61 Å². The Morgan fingerprint density at radius 2 is 1.84 bits per heavy atom. The van der Waals surface area contributed by atoms with E-state index in [4.69, 9.17) is 16.7 Å². The first-order chi connectivity index (χ1) is 14.4. The maximum absolute atomic E-state index is 13.0. The lowest BCUT2D eigenvalue weighted by molar-refractivity contribution is -0.137. The highest BCUT2D eigenvalue weighted by Crippen LogP contribution is 2.35. The molecule has 31 heavy (non-hydrogen) atoms. The van der Waals surface area contributed by atoms with Gasteiger partial charge in [0.15, 0.2) is 5.43 Å². The molecule has 1 amide bonds. The fraction of sp³-hybridized carbons (Fsp3) is 0.333. The molecule has 1 aromatic heterocycles. The summed E-state index contributed by atoms with van der Waals surface area (Å²) in [4.78, 5) is 23.8. The lowest BCUT2D eigenvalue weighted by atomic mass is 9.94. The van der Waals surface area contributed by atoms with E-state index >= 15 is 0 Å². The summed E-state index contributed by atoms with van der Waals surface area (Å²) in [5.41, 5.74) is -1.53. The van der Waals surface area contributed by atoms with Crippen LogP contribution in [0.4, 0.5) is 18.0 Å². The maximum Gasteiger partial charge on any atom is 0.416 e. The van der Waals surface area contributed by atoms with Crippen LogP contribution in [0.25, 0.3) is 20.2 Å². The second kappa shape index (κ2) is 8.64. The fourth-order valence-electron chi connectivity index (χ4n) is 3.40. The van der Waals surface area contributed by atoms with Gasteiger partial charge in [-0.2, -0.15) is 13.2 Å². The molecule has 0 aliphatic rings. The Kier molecular flexibility index (Phi) is 6.50. The number of hydrogen-bond donors (Lipinski definition) is 3. The average Bonchev–Trinajstić information content (AvgIpc) is 2.67. The van der Waals surface area contributed by atoms with Crippen LogP contribution in [0.2, 0.25) is 5.02 Å². The molecule has 0 aliphatic carbocycles. The van der Waals surface area contributed by atoms with Crippen LogP contribution in [0.1, 0.15) is 30.9 Å². The summed E-state index contributed by atoms with van der Waals surface area (Å²) in [6.07, 6.45) is -4.48. The van der Waals surface area contributed by atoms with Crippen LogP contribution >= 0.6 is 22.9 Å². The van der Waals surface area contributed by atoms with Crippen LogP contribution < -0.4 is 10.7 Å². The predicted molar refractivity (Wildman–Crippen MR) is 115 cm³/mol. The van der Waals surface area contributed by atoms with E-state index in [1.54, 1.807) is 19.1 Å². The number of rotatable bonds is 6. The number of carbonyl (C=O) groups is 1. The third kappa shape index (κ3) is 5.11. The second-order valence-corrected chi connectivity index (χ2v) is 9.07. The number of amides is 1. The Labute approximate surface area is 184 Å². The summed E-state index contributed by atoms with van der Waals surface area (Å²) in [7, 11) is 0. The van der Waals surface area contributed by atoms with Crippen molar-refractivity contribution in [3.63, 3.8) is 0 Å². The number of aliphatic hydroxyl groups is 1. The van der Waals surface area contributed by atoms with Crippen molar-refractivity contribution in [3.05, 3.63) is 56.7 Å². The number of carboxylic acid groups (broad SMARTS) is 1. The summed E-state index contributed by atoms with van der Waals surface area (Å²) < 4.78 is 39.7. The molecule has 1 heterocycles. The maximum atomic E-state index is 13.0. The number of nitrogens with one attached hydrogen (secondary N) is 1. The molecular formula is C21H19ClF3NO4S. The van der Waals surface area contributed by atoms with Gasteiger partial charge in [-0.1, -0.05) is 11.6 Å². The highest BCUT2D eigenvalue weighted by atomic mass is 35.5. The van der Waals surface area contributed by atoms with Gasteiger partial charge in [0.1, 0.15) is 0 Å². The molecule has 3 aromatic rings. The molecule has 0 radical (unpaired) electrons. The Bertz CT molecular complexity index is 1210. The Morgan fingerprint density at radius 1 is 1.16 bits per heavy atom. The molecule has 0 aliphatic heterocycles. The number of alkyl halides is 3. The van der Waals surface area contributed by atoms with Gasteiger partial charge in [-0.05, 0) is 62.1 Å². The minimum atomic E-state index is -4.50. The quantitative estimate of drug-likeness (QED) is 0.417. The first-order valence-corrected chi connectivity index (χ1v) is 10.5. The molecule has 0 spiro atoms. The first-order valence-electron chi connectivity index (χ1n) is 9.32. The molecule has 3 N–H and O–H groups in total. The van der Waals surface area contributed by atoms with Crippen molar-refractivity contribution in [1.29, 1.82) is 0 Å². The summed E-state index contributed by atoms with van der Waals surface area (Å²) in [5.74, 6) is 0. The van der Waals surface area contributed by atoms with E-state index in [-0.39, 0.29) is 22.1 Å². The Balaban J connectivity index is 1.94. The monoisotopic (exact) mass is 473 g/mol. The van der Waals surface area contributed by atoms with Crippen molar-refractivity contribution in [3.8, 4) is 0 Å². The molecule has 0 saturated heterocycles. The molecular weight excluding hydrogens is 455 g/mol. The van der Waals surface area contributed by atoms with Gasteiger partial charge in [0, 0.05) is 25.2 Å². The minimum absolute atomic E-state index is 0.206. The summed E-state index contributed by atoms with van der Waals surface area (Å²) >= 11 is 7.41. The molecule has 2 aromatic carbocycles. The van der Waals surface area contributed by atoms with E-state index < -0.39 is 23.4 Å². The van der Waals surface area contributed by atoms with Crippen LogP contribution in [0.15, 0.2) is 35.1 Å². The Hall–Kier alpha value is -2.36. The third-order valence-corrected chi connectivity index (χ3v) is 6.57. The van der Waals surface area contributed by atoms with Gasteiger partial charge in [-0.15, -0.1) is 11.3 Å². The van der Waals surface area contributed by atoms with Gasteiger partial charge in [0.05, 0.1) is 17.7 Å². The zero-order chi connectivity index (χ0) is 23.0. The molecule has 1 atom stereocenters. The topological polar surface area (TPSA) is 86.6 Å². The summed E-state index contributed by atoms with van der Waals surface area (Å²) in [6, 6.07) is 6.25. The molecule has 0 saturated carbocycles. The van der Waals surface area contributed by atoms with Crippen LogP contribution in [0.5, 0.6) is 0 Å². The highest BCUT2D eigenvalue weighted by molar-refractivity contribution is 7.24. The van der Waals surface area contributed by atoms with Gasteiger partial charge in [-0.25, -0.2) is 4.79 Å². The minimum Gasteiger partial charge on any atom is -0.465 e. The second-order valence-electron chi connectivity index (χ2n) is 7.58. The van der Waals surface area contributed by atoms with E-state index in [1.807, 2.05) is 0 Å². The van der Waals surface area contributed by atoms with Gasteiger partial charge in [0.25, 0.3) is 0 Å². The van der Waals surface area contributed by atoms with Gasteiger partial charge < -0.3 is 15.5 Å². The highest BCUT2D eigenvalue weighted by Gasteiger charge is 2.31. The third-order valence-electron chi connectivity index (χ3n) is 5.10. The van der Waals surface area contributed by atoms with E-state index in [0.717, 1.165) is 23.5 Å². The molecule has 0 bridgehead atoms. The van der Waals surface area contributed by atoms with Crippen molar-refractivity contribution >= 4 is 49.2 Å². The van der Waals surface area contributed by atoms with Crippen molar-refractivity contribution < 1.29 is 28.2 Å². The SMILES string of the molecule is CC(CO)(CCCc1cc2c(=O)c3ccc(C(F)(F)F)cc3sc2cc1Cl)NC(=O)O. The first kappa shape index (κ1) is 23.3. The summed E-state index contributed by atoms with van der Waals surface area (Å²) in [6.45, 7) is 1.21. The van der Waals surface area contributed by atoms with Gasteiger partial charge >= 0.3 is 12.3 Å². The molecule has 5 nitrogen and oxygen atoms in total. The molecule has 166 valence electrons. The van der Waals surface area contributed by atoms with Crippen molar-refractivity contribution in [1.82, 2.24) is 5.32 Å². The van der Waals surface area contributed by atoms with Gasteiger partial charge in [0.2, 0.25) is 0 Å². The number of halogens is 4. The summed E-state index contributed by atoms with van der Waals surface area (Å²) in [5, 5.41) is 21.6. The van der Waals surface area contributed by atoms with Crippen LogP contribution in [-0.4, -0.2) is 28.5 Å². The molecule has 0 fully saturated rings. The van der Waals surface area contributed by atoms with Crippen molar-refractivity contribution in [2.24, 2.45) is 0 Å². The van der Waals surface area contributed by atoms with Crippen molar-refractivity contribution in [2.45, 2.75) is 37.9 Å². The smallest absolute Gasteiger partial charge is 0.416 e.